The highest BCUT2D eigenvalue weighted by Crippen LogP contribution is 2.09. The molecule has 0 saturated carbocycles. The van der Waals surface area contributed by atoms with Crippen molar-refractivity contribution in [3.63, 3.8) is 0 Å². The number of nitro groups is 1. The zero-order valence-corrected chi connectivity index (χ0v) is 5.97. The Kier molecular flexibility index (Phi) is 1.30. The van der Waals surface area contributed by atoms with E-state index in [0.29, 0.717) is 11.0 Å². The Balaban J connectivity index is 2.79. The topological polar surface area (TPSA) is 61.0 Å². The van der Waals surface area contributed by atoms with Crippen LogP contribution in [0.25, 0.3) is 11.0 Å². The molecule has 0 N–H and O–H groups in total. The monoisotopic (exact) mass is 162 g/mol. The van der Waals surface area contributed by atoms with Crippen LogP contribution in [0.1, 0.15) is 0 Å². The fourth-order valence-electron chi connectivity index (χ4n) is 1.02. The average Bonchev–Trinajstić information content (AvgIpc) is 2.47. The van der Waals surface area contributed by atoms with Gasteiger partial charge < -0.3 is 0 Å². The molecule has 1 aromatic heterocycles. The number of hydrogen-bond acceptors (Lipinski definition) is 3. The van der Waals surface area contributed by atoms with Crippen molar-refractivity contribution in [2.24, 2.45) is 0 Å². The van der Waals surface area contributed by atoms with Gasteiger partial charge in [-0.2, -0.15) is 0 Å². The molecule has 0 aliphatic carbocycles. The van der Waals surface area contributed by atoms with Crippen LogP contribution in [0.4, 0.5) is 0 Å². The molecule has 5 heteroatoms. The smallest absolute Gasteiger partial charge is 0.234 e. The molecule has 0 spiro atoms. The van der Waals surface area contributed by atoms with Crippen LogP contribution in [-0.4, -0.2) is 14.7 Å². The molecule has 0 aliphatic heterocycles. The van der Waals surface area contributed by atoms with Crippen LogP contribution in [0, 0.1) is 16.4 Å². The summed E-state index contributed by atoms with van der Waals surface area (Å²) in [5, 5.41) is 9.81. The van der Waals surface area contributed by atoms with Gasteiger partial charge in [-0.25, -0.2) is 15.1 Å². The highest BCUT2D eigenvalue weighted by Gasteiger charge is 2.08. The van der Waals surface area contributed by atoms with Crippen molar-refractivity contribution in [1.82, 2.24) is 9.66 Å². The summed E-state index contributed by atoms with van der Waals surface area (Å²) in [5.74, 6) is 0. The van der Waals surface area contributed by atoms with Crippen LogP contribution in [0.3, 0.4) is 0 Å². The Bertz CT molecular complexity index is 435. The summed E-state index contributed by atoms with van der Waals surface area (Å²) >= 11 is 0. The van der Waals surface area contributed by atoms with Gasteiger partial charge >= 0.3 is 0 Å². The van der Waals surface area contributed by atoms with Crippen molar-refractivity contribution >= 4 is 11.0 Å². The number of rotatable bonds is 1. The zero-order chi connectivity index (χ0) is 8.55. The Hall–Kier alpha value is -1.91. The van der Waals surface area contributed by atoms with Crippen molar-refractivity contribution in [3.05, 3.63) is 40.7 Å². The van der Waals surface area contributed by atoms with Crippen molar-refractivity contribution in [3.8, 4) is 0 Å². The first kappa shape index (κ1) is 6.78. The summed E-state index contributed by atoms with van der Waals surface area (Å²) in [4.78, 5) is 14.1. The minimum Gasteiger partial charge on any atom is -0.234 e. The van der Waals surface area contributed by atoms with E-state index in [0.717, 1.165) is 4.68 Å². The summed E-state index contributed by atoms with van der Waals surface area (Å²) < 4.78 is 0.773. The fourth-order valence-corrected chi connectivity index (χ4v) is 1.02. The number of nitrogens with zero attached hydrogens (tertiary/aromatic N) is 3. The lowest BCUT2D eigenvalue weighted by molar-refractivity contribution is -0.538. The summed E-state index contributed by atoms with van der Waals surface area (Å²) in [6.45, 7) is 0. The largest absolute Gasteiger partial charge is 0.250 e. The Labute approximate surface area is 67.4 Å². The van der Waals surface area contributed by atoms with Gasteiger partial charge in [-0.3, -0.25) is 0 Å². The first-order valence-corrected chi connectivity index (χ1v) is 3.29. The molecule has 0 amide bonds. The molecule has 2 rings (SSSR count). The number of hydrogen-bond donors (Lipinski definition) is 0. The van der Waals surface area contributed by atoms with Gasteiger partial charge in [0.05, 0.1) is 5.52 Å². The fraction of sp³-hybridized carbons (Fsp3) is 0. The Morgan fingerprint density at radius 3 is 3.00 bits per heavy atom. The number of para-hydroxylation sites is 2. The molecule has 0 bridgehead atoms. The van der Waals surface area contributed by atoms with Crippen molar-refractivity contribution < 1.29 is 5.03 Å². The molecule has 1 radical (unpaired) electrons. The van der Waals surface area contributed by atoms with Crippen LogP contribution in [0.5, 0.6) is 0 Å². The normalized spacial score (nSPS) is 10.3. The van der Waals surface area contributed by atoms with Gasteiger partial charge in [-0.05, 0) is 16.8 Å². The first-order valence-electron chi connectivity index (χ1n) is 3.29. The second-order valence-electron chi connectivity index (χ2n) is 2.25. The molecule has 0 aliphatic rings. The maximum atomic E-state index is 10.4. The van der Waals surface area contributed by atoms with E-state index in [4.69, 9.17) is 0 Å². The van der Waals surface area contributed by atoms with Gasteiger partial charge in [0.25, 0.3) is 0 Å². The van der Waals surface area contributed by atoms with Crippen LogP contribution in [-0.2, 0) is 0 Å². The SMILES string of the molecule is O=[N+]([O-])n1[c]nc2ccccc21. The van der Waals surface area contributed by atoms with E-state index >= 15 is 0 Å². The summed E-state index contributed by atoms with van der Waals surface area (Å²) in [5.41, 5.74) is 1.04. The van der Waals surface area contributed by atoms with Gasteiger partial charge in [-0.15, -0.1) is 0 Å². The minimum absolute atomic E-state index is 0.461. The average molecular weight is 162 g/mol. The lowest BCUT2D eigenvalue weighted by Crippen LogP contribution is -2.06. The lowest BCUT2D eigenvalue weighted by Gasteiger charge is -1.89. The molecule has 12 heavy (non-hydrogen) atoms. The maximum absolute atomic E-state index is 10.4. The summed E-state index contributed by atoms with van der Waals surface area (Å²) in [6, 6.07) is 6.82. The molecule has 0 atom stereocenters. The van der Waals surface area contributed by atoms with E-state index in [-0.39, 0.29) is 0 Å². The summed E-state index contributed by atoms with van der Waals surface area (Å²) in [7, 11) is 0. The van der Waals surface area contributed by atoms with Gasteiger partial charge in [-0.1, -0.05) is 12.1 Å². The molecule has 1 heterocycles. The predicted octanol–water partition coefficient (Wildman–Crippen LogP) is 0.876. The number of aromatic nitrogens is 2. The standard InChI is InChI=1S/C7H4N3O2/c11-10(12)9-5-8-6-3-1-2-4-7(6)9/h1-4H. The minimum atomic E-state index is -0.560. The maximum Gasteiger partial charge on any atom is 0.250 e. The third kappa shape index (κ3) is 0.833. The molecule has 2 aromatic rings. The van der Waals surface area contributed by atoms with Crippen molar-refractivity contribution in [2.75, 3.05) is 0 Å². The van der Waals surface area contributed by atoms with E-state index in [1.807, 2.05) is 0 Å². The van der Waals surface area contributed by atoms with Gasteiger partial charge in [0.2, 0.25) is 6.33 Å². The second kappa shape index (κ2) is 2.30. The van der Waals surface area contributed by atoms with Crippen LogP contribution in [0.2, 0.25) is 0 Å². The lowest BCUT2D eigenvalue weighted by atomic mass is 10.3. The number of imidazole rings is 1. The van der Waals surface area contributed by atoms with Crippen molar-refractivity contribution in [1.29, 1.82) is 0 Å². The van der Waals surface area contributed by atoms with Crippen LogP contribution < -0.4 is 0 Å². The zero-order valence-electron chi connectivity index (χ0n) is 5.97. The molecule has 0 fully saturated rings. The third-order valence-corrected chi connectivity index (χ3v) is 1.54. The van der Waals surface area contributed by atoms with Gasteiger partial charge in [0, 0.05) is 0 Å². The van der Waals surface area contributed by atoms with Crippen molar-refractivity contribution in [2.45, 2.75) is 0 Å². The first-order chi connectivity index (χ1) is 5.79. The van der Waals surface area contributed by atoms with E-state index in [9.17, 15) is 10.1 Å². The molecule has 1 aromatic carbocycles. The van der Waals surface area contributed by atoms with Crippen LogP contribution in [0.15, 0.2) is 24.3 Å². The Morgan fingerprint density at radius 2 is 2.25 bits per heavy atom. The molecule has 5 nitrogen and oxygen atoms in total. The number of fused-ring (bicyclic) bond motifs is 1. The Morgan fingerprint density at radius 1 is 1.50 bits per heavy atom. The third-order valence-electron chi connectivity index (χ3n) is 1.54. The molecule has 0 saturated heterocycles. The van der Waals surface area contributed by atoms with Gasteiger partial charge in [0.1, 0.15) is 5.52 Å². The quantitative estimate of drug-likeness (QED) is 0.461. The van der Waals surface area contributed by atoms with E-state index in [1.54, 1.807) is 24.3 Å². The number of benzene rings is 1. The molecular formula is C7H4N3O2. The predicted molar refractivity (Wildman–Crippen MR) is 41.0 cm³/mol. The molecular weight excluding hydrogens is 158 g/mol. The molecule has 0 unspecified atom stereocenters. The van der Waals surface area contributed by atoms with Gasteiger partial charge in [0.15, 0.2) is 5.03 Å². The van der Waals surface area contributed by atoms with E-state index in [2.05, 4.69) is 11.3 Å². The van der Waals surface area contributed by atoms with E-state index < -0.39 is 5.03 Å². The summed E-state index contributed by atoms with van der Waals surface area (Å²) in [6.07, 6.45) is 2.28. The molecule has 59 valence electrons. The highest BCUT2D eigenvalue weighted by molar-refractivity contribution is 5.74. The van der Waals surface area contributed by atoms with Crippen LogP contribution >= 0.6 is 0 Å². The van der Waals surface area contributed by atoms with E-state index in [1.165, 1.54) is 0 Å². The second-order valence-corrected chi connectivity index (χ2v) is 2.25. The highest BCUT2D eigenvalue weighted by atomic mass is 16.7.